The largest absolute Gasteiger partial charge is 0.355 e. The van der Waals surface area contributed by atoms with E-state index in [0.29, 0.717) is 17.5 Å². The van der Waals surface area contributed by atoms with Crippen molar-refractivity contribution in [3.05, 3.63) is 41.7 Å². The number of thioether (sulfide) groups is 1. The van der Waals surface area contributed by atoms with Crippen LogP contribution in [0.3, 0.4) is 0 Å². The standard InChI is InChI=1S/C13H16N4OS/c1-10-4-2-3-5-11(10)6-7-14-12(18)8-19-13-15-9-16-17-13/h2-5,9H,6-8H2,1H3,(H,14,18)(H,15,16,17). The Morgan fingerprint density at radius 2 is 2.26 bits per heavy atom. The van der Waals surface area contributed by atoms with Crippen LogP contribution in [0.5, 0.6) is 0 Å². The zero-order chi connectivity index (χ0) is 13.5. The van der Waals surface area contributed by atoms with Crippen molar-refractivity contribution in [2.75, 3.05) is 12.3 Å². The zero-order valence-corrected chi connectivity index (χ0v) is 11.5. The maximum absolute atomic E-state index is 11.6. The van der Waals surface area contributed by atoms with Crippen LogP contribution in [0, 0.1) is 6.92 Å². The third kappa shape index (κ3) is 4.40. The summed E-state index contributed by atoms with van der Waals surface area (Å²) in [4.78, 5) is 15.6. The van der Waals surface area contributed by atoms with Crippen molar-refractivity contribution < 1.29 is 4.79 Å². The molecule has 1 aromatic carbocycles. The molecule has 2 N–H and O–H groups in total. The van der Waals surface area contributed by atoms with Crippen molar-refractivity contribution in [3.63, 3.8) is 0 Å². The summed E-state index contributed by atoms with van der Waals surface area (Å²) in [5.74, 6) is 0.359. The highest BCUT2D eigenvalue weighted by Crippen LogP contribution is 2.10. The molecule has 0 saturated heterocycles. The molecule has 0 atom stereocenters. The summed E-state index contributed by atoms with van der Waals surface area (Å²) in [5.41, 5.74) is 2.53. The van der Waals surface area contributed by atoms with Gasteiger partial charge in [-0.1, -0.05) is 36.0 Å². The number of aryl methyl sites for hydroxylation is 1. The maximum Gasteiger partial charge on any atom is 0.230 e. The molecule has 19 heavy (non-hydrogen) atoms. The lowest BCUT2D eigenvalue weighted by atomic mass is 10.1. The van der Waals surface area contributed by atoms with E-state index in [0.717, 1.165) is 6.42 Å². The molecule has 5 nitrogen and oxygen atoms in total. The van der Waals surface area contributed by atoms with Gasteiger partial charge in [0, 0.05) is 6.54 Å². The molecule has 0 spiro atoms. The van der Waals surface area contributed by atoms with Crippen molar-refractivity contribution >= 4 is 17.7 Å². The second-order valence-corrected chi connectivity index (χ2v) is 5.07. The second kappa shape index (κ2) is 6.94. The molecule has 1 aromatic heterocycles. The molecular formula is C13H16N4OS. The minimum Gasteiger partial charge on any atom is -0.355 e. The first-order valence-electron chi connectivity index (χ1n) is 6.05. The average Bonchev–Trinajstić information content (AvgIpc) is 2.92. The first kappa shape index (κ1) is 13.6. The van der Waals surface area contributed by atoms with Crippen LogP contribution in [0.25, 0.3) is 0 Å². The van der Waals surface area contributed by atoms with Gasteiger partial charge in [0.25, 0.3) is 0 Å². The molecule has 0 unspecified atom stereocenters. The molecule has 0 aliphatic rings. The van der Waals surface area contributed by atoms with Crippen LogP contribution < -0.4 is 5.32 Å². The first-order valence-corrected chi connectivity index (χ1v) is 7.03. The predicted octanol–water partition coefficient (Wildman–Crippen LogP) is 1.56. The van der Waals surface area contributed by atoms with E-state index in [1.807, 2.05) is 12.1 Å². The highest BCUT2D eigenvalue weighted by Gasteiger charge is 2.04. The third-order valence-electron chi connectivity index (χ3n) is 2.71. The number of rotatable bonds is 6. The van der Waals surface area contributed by atoms with Crippen molar-refractivity contribution in [2.45, 2.75) is 18.5 Å². The number of carbonyl (C=O) groups excluding carboxylic acids is 1. The van der Waals surface area contributed by atoms with Gasteiger partial charge in [-0.2, -0.15) is 5.10 Å². The second-order valence-electron chi connectivity index (χ2n) is 4.11. The minimum atomic E-state index is 0.00924. The van der Waals surface area contributed by atoms with Crippen molar-refractivity contribution in [1.82, 2.24) is 20.5 Å². The SMILES string of the molecule is Cc1ccccc1CCNC(=O)CSc1ncn[nH]1. The molecule has 1 heterocycles. The van der Waals surface area contributed by atoms with Gasteiger partial charge in [-0.25, -0.2) is 4.98 Å². The van der Waals surface area contributed by atoms with E-state index >= 15 is 0 Å². The molecule has 0 fully saturated rings. The summed E-state index contributed by atoms with van der Waals surface area (Å²) in [6.07, 6.45) is 2.28. The van der Waals surface area contributed by atoms with Crippen LogP contribution >= 0.6 is 11.8 Å². The normalized spacial score (nSPS) is 10.4. The van der Waals surface area contributed by atoms with Gasteiger partial charge >= 0.3 is 0 Å². The van der Waals surface area contributed by atoms with Crippen molar-refractivity contribution in [3.8, 4) is 0 Å². The van der Waals surface area contributed by atoms with Gasteiger partial charge < -0.3 is 5.32 Å². The van der Waals surface area contributed by atoms with E-state index in [2.05, 4.69) is 39.6 Å². The Morgan fingerprint density at radius 1 is 1.42 bits per heavy atom. The molecular weight excluding hydrogens is 260 g/mol. The molecule has 0 aliphatic heterocycles. The number of benzene rings is 1. The summed E-state index contributed by atoms with van der Waals surface area (Å²) in [7, 11) is 0. The van der Waals surface area contributed by atoms with E-state index in [-0.39, 0.29) is 5.91 Å². The Kier molecular flexibility index (Phi) is 4.97. The van der Waals surface area contributed by atoms with Gasteiger partial charge in [0.15, 0.2) is 5.16 Å². The van der Waals surface area contributed by atoms with E-state index in [1.54, 1.807) is 0 Å². The lowest BCUT2D eigenvalue weighted by molar-refractivity contribution is -0.118. The van der Waals surface area contributed by atoms with Crippen LogP contribution in [0.15, 0.2) is 35.7 Å². The smallest absolute Gasteiger partial charge is 0.230 e. The van der Waals surface area contributed by atoms with Crippen molar-refractivity contribution in [2.24, 2.45) is 0 Å². The number of hydrogen-bond acceptors (Lipinski definition) is 4. The molecule has 0 bridgehead atoms. The number of aromatic amines is 1. The predicted molar refractivity (Wildman–Crippen MR) is 75.0 cm³/mol. The molecule has 100 valence electrons. The van der Waals surface area contributed by atoms with Crippen LogP contribution in [0.4, 0.5) is 0 Å². The topological polar surface area (TPSA) is 70.7 Å². The molecule has 1 amide bonds. The number of nitrogens with one attached hydrogen (secondary N) is 2. The van der Waals surface area contributed by atoms with Gasteiger partial charge in [-0.05, 0) is 24.5 Å². The number of hydrogen-bond donors (Lipinski definition) is 2. The minimum absolute atomic E-state index is 0.00924. The van der Waals surface area contributed by atoms with E-state index < -0.39 is 0 Å². The Hall–Kier alpha value is -1.82. The highest BCUT2D eigenvalue weighted by atomic mass is 32.2. The fraction of sp³-hybridized carbons (Fsp3) is 0.308. The van der Waals surface area contributed by atoms with Gasteiger partial charge in [-0.15, -0.1) is 0 Å². The molecule has 2 rings (SSSR count). The summed E-state index contributed by atoms with van der Waals surface area (Å²) in [6, 6.07) is 8.21. The highest BCUT2D eigenvalue weighted by molar-refractivity contribution is 7.99. The number of nitrogens with zero attached hydrogens (tertiary/aromatic N) is 2. The van der Waals surface area contributed by atoms with Gasteiger partial charge in [-0.3, -0.25) is 9.89 Å². The Labute approximate surface area is 116 Å². The fourth-order valence-electron chi connectivity index (χ4n) is 1.68. The summed E-state index contributed by atoms with van der Waals surface area (Å²) < 4.78 is 0. The molecule has 6 heteroatoms. The van der Waals surface area contributed by atoms with Crippen LogP contribution in [-0.4, -0.2) is 33.4 Å². The Bertz CT molecular complexity index is 527. The molecule has 2 aromatic rings. The third-order valence-corrected chi connectivity index (χ3v) is 3.59. The van der Waals surface area contributed by atoms with Crippen molar-refractivity contribution in [1.29, 1.82) is 0 Å². The molecule has 0 aliphatic carbocycles. The summed E-state index contributed by atoms with van der Waals surface area (Å²) >= 11 is 1.34. The lowest BCUT2D eigenvalue weighted by Crippen LogP contribution is -2.27. The average molecular weight is 276 g/mol. The van der Waals surface area contributed by atoms with Crippen LogP contribution in [0.2, 0.25) is 0 Å². The number of carbonyl (C=O) groups is 1. The van der Waals surface area contributed by atoms with Gasteiger partial charge in [0.05, 0.1) is 5.75 Å². The Morgan fingerprint density at radius 3 is 3.00 bits per heavy atom. The van der Waals surface area contributed by atoms with Gasteiger partial charge in [0.2, 0.25) is 5.91 Å². The monoisotopic (exact) mass is 276 g/mol. The zero-order valence-electron chi connectivity index (χ0n) is 10.7. The fourth-order valence-corrected chi connectivity index (χ4v) is 2.28. The summed E-state index contributed by atoms with van der Waals surface area (Å²) in [5, 5.41) is 9.99. The van der Waals surface area contributed by atoms with E-state index in [4.69, 9.17) is 0 Å². The Balaban J connectivity index is 1.68. The first-order chi connectivity index (χ1) is 9.25. The molecule has 0 radical (unpaired) electrons. The number of H-pyrrole nitrogens is 1. The van der Waals surface area contributed by atoms with E-state index in [9.17, 15) is 4.79 Å². The quantitative estimate of drug-likeness (QED) is 0.786. The van der Waals surface area contributed by atoms with Gasteiger partial charge in [0.1, 0.15) is 6.33 Å². The summed E-state index contributed by atoms with van der Waals surface area (Å²) in [6.45, 7) is 2.73. The maximum atomic E-state index is 11.6. The lowest BCUT2D eigenvalue weighted by Gasteiger charge is -2.06. The van der Waals surface area contributed by atoms with E-state index in [1.165, 1.54) is 29.2 Å². The van der Waals surface area contributed by atoms with Crippen LogP contribution in [0.1, 0.15) is 11.1 Å². The molecule has 0 saturated carbocycles. The number of amides is 1. The number of aromatic nitrogens is 3. The van der Waals surface area contributed by atoms with Crippen LogP contribution in [-0.2, 0) is 11.2 Å².